The molecule has 2 aliphatic rings. The molecule has 0 bridgehead atoms. The van der Waals surface area contributed by atoms with Crippen LogP contribution in [-0.4, -0.2) is 35.6 Å². The summed E-state index contributed by atoms with van der Waals surface area (Å²) in [6.45, 7) is 8.51. The van der Waals surface area contributed by atoms with Crippen molar-refractivity contribution < 1.29 is 0 Å². The SMILES string of the molecule is CCCNC1CCCc2cn(CCCN3CCCC3)cc21. The van der Waals surface area contributed by atoms with Crippen LogP contribution in [0.25, 0.3) is 0 Å². The minimum Gasteiger partial charge on any atom is -0.354 e. The molecular formula is C18H31N3. The highest BCUT2D eigenvalue weighted by atomic mass is 15.1. The van der Waals surface area contributed by atoms with Crippen molar-refractivity contribution in [2.45, 2.75) is 64.5 Å². The number of nitrogens with one attached hydrogen (secondary N) is 1. The van der Waals surface area contributed by atoms with Crippen LogP contribution in [0.15, 0.2) is 12.4 Å². The van der Waals surface area contributed by atoms with Crippen LogP contribution in [0.3, 0.4) is 0 Å². The summed E-state index contributed by atoms with van der Waals surface area (Å²) >= 11 is 0. The Kier molecular flexibility index (Phi) is 5.37. The van der Waals surface area contributed by atoms with E-state index in [4.69, 9.17) is 0 Å². The third kappa shape index (κ3) is 3.89. The fourth-order valence-electron chi connectivity index (χ4n) is 3.89. The number of likely N-dealkylation sites (tertiary alicyclic amines) is 1. The lowest BCUT2D eigenvalue weighted by Crippen LogP contribution is -2.25. The first kappa shape index (κ1) is 15.1. The highest BCUT2D eigenvalue weighted by Gasteiger charge is 2.21. The maximum Gasteiger partial charge on any atom is 0.0338 e. The molecule has 1 N–H and O–H groups in total. The highest BCUT2D eigenvalue weighted by Crippen LogP contribution is 2.30. The minimum atomic E-state index is 0.605. The first-order chi connectivity index (χ1) is 10.4. The molecule has 1 aromatic heterocycles. The smallest absolute Gasteiger partial charge is 0.0338 e. The number of nitrogens with zero attached hydrogens (tertiary/aromatic N) is 2. The van der Waals surface area contributed by atoms with Crippen molar-refractivity contribution in [2.24, 2.45) is 0 Å². The molecule has 118 valence electrons. The van der Waals surface area contributed by atoms with Crippen molar-refractivity contribution in [3.8, 4) is 0 Å². The second kappa shape index (κ2) is 7.46. The van der Waals surface area contributed by atoms with Crippen molar-refractivity contribution in [1.82, 2.24) is 14.8 Å². The molecule has 1 aliphatic heterocycles. The maximum absolute atomic E-state index is 3.72. The van der Waals surface area contributed by atoms with Gasteiger partial charge in [-0.15, -0.1) is 0 Å². The van der Waals surface area contributed by atoms with Gasteiger partial charge in [-0.05, 0) is 82.3 Å². The molecule has 0 radical (unpaired) electrons. The molecule has 0 spiro atoms. The van der Waals surface area contributed by atoms with Crippen LogP contribution in [0.1, 0.15) is 62.6 Å². The van der Waals surface area contributed by atoms with Gasteiger partial charge in [-0.3, -0.25) is 0 Å². The molecule has 0 saturated carbocycles. The summed E-state index contributed by atoms with van der Waals surface area (Å²) in [4.78, 5) is 2.62. The first-order valence-corrected chi connectivity index (χ1v) is 9.01. The van der Waals surface area contributed by atoms with Crippen molar-refractivity contribution in [2.75, 3.05) is 26.2 Å². The van der Waals surface area contributed by atoms with Gasteiger partial charge in [0, 0.05) is 25.0 Å². The standard InChI is InChI=1S/C18H31N3/c1-2-9-19-18-8-5-7-16-14-21(15-17(16)18)13-6-12-20-10-3-4-11-20/h14-15,18-19H,2-13H2,1H3. The molecular weight excluding hydrogens is 258 g/mol. The van der Waals surface area contributed by atoms with Crippen LogP contribution >= 0.6 is 0 Å². The van der Waals surface area contributed by atoms with E-state index in [1.807, 2.05) is 0 Å². The lowest BCUT2D eigenvalue weighted by molar-refractivity contribution is 0.325. The molecule has 1 unspecified atom stereocenters. The number of hydrogen-bond acceptors (Lipinski definition) is 2. The predicted octanol–water partition coefficient (Wildman–Crippen LogP) is 3.35. The van der Waals surface area contributed by atoms with Gasteiger partial charge < -0.3 is 14.8 Å². The van der Waals surface area contributed by atoms with Gasteiger partial charge >= 0.3 is 0 Å². The Bertz CT molecular complexity index is 432. The lowest BCUT2D eigenvalue weighted by atomic mass is 9.91. The summed E-state index contributed by atoms with van der Waals surface area (Å²) in [6.07, 6.45) is 14.1. The second-order valence-electron chi connectivity index (χ2n) is 6.78. The fourth-order valence-corrected chi connectivity index (χ4v) is 3.89. The minimum absolute atomic E-state index is 0.605. The van der Waals surface area contributed by atoms with E-state index in [0.717, 1.165) is 6.54 Å². The molecule has 3 nitrogen and oxygen atoms in total. The topological polar surface area (TPSA) is 20.2 Å². The quantitative estimate of drug-likeness (QED) is 0.830. The van der Waals surface area contributed by atoms with Crippen LogP contribution in [0.5, 0.6) is 0 Å². The van der Waals surface area contributed by atoms with Gasteiger partial charge in [0.2, 0.25) is 0 Å². The number of hydrogen-bond donors (Lipinski definition) is 1. The van der Waals surface area contributed by atoms with Gasteiger partial charge in [0.1, 0.15) is 0 Å². The summed E-state index contributed by atoms with van der Waals surface area (Å²) in [5.74, 6) is 0. The van der Waals surface area contributed by atoms with E-state index in [2.05, 4.69) is 34.1 Å². The average Bonchev–Trinajstić information content (AvgIpc) is 3.14. The van der Waals surface area contributed by atoms with E-state index in [0.29, 0.717) is 6.04 Å². The summed E-state index contributed by atoms with van der Waals surface area (Å²) < 4.78 is 2.45. The van der Waals surface area contributed by atoms with Crippen molar-refractivity contribution >= 4 is 0 Å². The summed E-state index contributed by atoms with van der Waals surface area (Å²) in [5, 5.41) is 3.72. The van der Waals surface area contributed by atoms with Gasteiger partial charge in [0.15, 0.2) is 0 Å². The molecule has 3 heteroatoms. The number of fused-ring (bicyclic) bond motifs is 1. The summed E-state index contributed by atoms with van der Waals surface area (Å²) in [6, 6.07) is 0.605. The van der Waals surface area contributed by atoms with Gasteiger partial charge in [-0.2, -0.15) is 0 Å². The third-order valence-electron chi connectivity index (χ3n) is 5.04. The first-order valence-electron chi connectivity index (χ1n) is 9.01. The van der Waals surface area contributed by atoms with Crippen LogP contribution in [0, 0.1) is 0 Å². The second-order valence-corrected chi connectivity index (χ2v) is 6.78. The maximum atomic E-state index is 3.72. The molecule has 21 heavy (non-hydrogen) atoms. The predicted molar refractivity (Wildman–Crippen MR) is 88.7 cm³/mol. The Morgan fingerprint density at radius 2 is 2.00 bits per heavy atom. The van der Waals surface area contributed by atoms with E-state index in [9.17, 15) is 0 Å². The van der Waals surface area contributed by atoms with E-state index < -0.39 is 0 Å². The molecule has 1 fully saturated rings. The highest BCUT2D eigenvalue weighted by molar-refractivity contribution is 5.30. The molecule has 2 heterocycles. The molecule has 3 rings (SSSR count). The molecule has 1 aromatic rings. The Morgan fingerprint density at radius 3 is 2.81 bits per heavy atom. The number of rotatable bonds is 7. The molecule has 0 aromatic carbocycles. The zero-order valence-electron chi connectivity index (χ0n) is 13.6. The van der Waals surface area contributed by atoms with E-state index >= 15 is 0 Å². The lowest BCUT2D eigenvalue weighted by Gasteiger charge is -2.23. The van der Waals surface area contributed by atoms with Gasteiger partial charge in [-0.25, -0.2) is 0 Å². The molecule has 1 aliphatic carbocycles. The summed E-state index contributed by atoms with van der Waals surface area (Å²) in [5.41, 5.74) is 3.17. The number of aryl methyl sites for hydroxylation is 2. The van der Waals surface area contributed by atoms with Crippen molar-refractivity contribution in [1.29, 1.82) is 0 Å². The van der Waals surface area contributed by atoms with Gasteiger partial charge in [0.05, 0.1) is 0 Å². The summed E-state index contributed by atoms with van der Waals surface area (Å²) in [7, 11) is 0. The van der Waals surface area contributed by atoms with Crippen molar-refractivity contribution in [3.05, 3.63) is 23.5 Å². The zero-order chi connectivity index (χ0) is 14.5. The zero-order valence-corrected chi connectivity index (χ0v) is 13.6. The van der Waals surface area contributed by atoms with Crippen molar-refractivity contribution in [3.63, 3.8) is 0 Å². The van der Waals surface area contributed by atoms with Gasteiger partial charge in [0.25, 0.3) is 0 Å². The molecule has 0 amide bonds. The average molecular weight is 289 g/mol. The normalized spacial score (nSPS) is 22.6. The van der Waals surface area contributed by atoms with E-state index in [-0.39, 0.29) is 0 Å². The van der Waals surface area contributed by atoms with Crippen LogP contribution < -0.4 is 5.32 Å². The molecule has 1 saturated heterocycles. The van der Waals surface area contributed by atoms with Crippen LogP contribution in [-0.2, 0) is 13.0 Å². The Hall–Kier alpha value is -0.800. The Labute approximate surface area is 129 Å². The molecule has 1 atom stereocenters. The Balaban J connectivity index is 1.53. The van der Waals surface area contributed by atoms with Crippen LogP contribution in [0.2, 0.25) is 0 Å². The van der Waals surface area contributed by atoms with Gasteiger partial charge in [-0.1, -0.05) is 6.92 Å². The van der Waals surface area contributed by atoms with E-state index in [1.54, 1.807) is 11.1 Å². The van der Waals surface area contributed by atoms with Crippen LogP contribution in [0.4, 0.5) is 0 Å². The monoisotopic (exact) mass is 289 g/mol. The van der Waals surface area contributed by atoms with E-state index in [1.165, 1.54) is 71.1 Å². The Morgan fingerprint density at radius 1 is 1.14 bits per heavy atom. The number of aromatic nitrogens is 1. The largest absolute Gasteiger partial charge is 0.354 e. The fraction of sp³-hybridized carbons (Fsp3) is 0.778. The third-order valence-corrected chi connectivity index (χ3v) is 5.04.